The molecule has 0 saturated heterocycles. The van der Waals surface area contributed by atoms with Crippen molar-refractivity contribution in [2.45, 2.75) is 23.7 Å². The lowest BCUT2D eigenvalue weighted by Gasteiger charge is -2.08. The summed E-state index contributed by atoms with van der Waals surface area (Å²) in [6.45, 7) is 1.87. The van der Waals surface area contributed by atoms with Crippen LogP contribution in [0.25, 0.3) is 11.4 Å². The zero-order chi connectivity index (χ0) is 15.6. The summed E-state index contributed by atoms with van der Waals surface area (Å²) < 4.78 is 36.8. The highest BCUT2D eigenvalue weighted by atomic mass is 35.5. The topological polar surface area (TPSA) is 25.8 Å². The molecule has 0 aliphatic heterocycles. The Morgan fingerprint density at radius 1 is 1.05 bits per heavy atom. The monoisotopic (exact) mass is 352 g/mol. The molecule has 21 heavy (non-hydrogen) atoms. The van der Waals surface area contributed by atoms with Crippen LogP contribution in [0.2, 0.25) is 10.3 Å². The molecule has 2 nitrogen and oxygen atoms in total. The van der Waals surface area contributed by atoms with Crippen molar-refractivity contribution < 1.29 is 13.2 Å². The van der Waals surface area contributed by atoms with Gasteiger partial charge in [0.1, 0.15) is 10.3 Å². The van der Waals surface area contributed by atoms with Gasteiger partial charge in [0, 0.05) is 16.0 Å². The summed E-state index contributed by atoms with van der Waals surface area (Å²) in [5, 5.41) is 0.502. The van der Waals surface area contributed by atoms with Crippen molar-refractivity contribution in [2.75, 3.05) is 0 Å². The second kappa shape index (κ2) is 6.42. The molecular formula is C13H9Cl2F3N2S. The average Bonchev–Trinajstić information content (AvgIpc) is 2.37. The van der Waals surface area contributed by atoms with Crippen molar-refractivity contribution in [3.05, 3.63) is 40.1 Å². The van der Waals surface area contributed by atoms with E-state index in [0.29, 0.717) is 17.5 Å². The first-order chi connectivity index (χ1) is 9.80. The molecule has 8 heteroatoms. The van der Waals surface area contributed by atoms with Crippen LogP contribution in [0, 0.1) is 0 Å². The second-order valence-corrected chi connectivity index (χ2v) is 5.89. The average molecular weight is 353 g/mol. The summed E-state index contributed by atoms with van der Waals surface area (Å²) >= 11 is 11.9. The van der Waals surface area contributed by atoms with Crippen molar-refractivity contribution in [3.8, 4) is 11.4 Å². The standard InChI is InChI=1S/C13H9Cl2F3N2S/c1-2-9-10(14)19-12(20-11(9)15)7-3-5-8(6-4-7)21-13(16,17)18/h3-6H,2H2,1H3. The summed E-state index contributed by atoms with van der Waals surface area (Å²) in [7, 11) is 0. The number of aromatic nitrogens is 2. The molecule has 2 aromatic rings. The zero-order valence-electron chi connectivity index (χ0n) is 10.7. The Hall–Kier alpha value is -0.980. The molecule has 0 radical (unpaired) electrons. The zero-order valence-corrected chi connectivity index (χ0v) is 13.0. The van der Waals surface area contributed by atoms with E-state index in [9.17, 15) is 13.2 Å². The van der Waals surface area contributed by atoms with E-state index in [1.165, 1.54) is 24.3 Å². The molecule has 0 bridgehead atoms. The molecule has 0 N–H and O–H groups in total. The van der Waals surface area contributed by atoms with Crippen molar-refractivity contribution in [3.63, 3.8) is 0 Å². The van der Waals surface area contributed by atoms with Gasteiger partial charge < -0.3 is 0 Å². The fourth-order valence-corrected chi connectivity index (χ4v) is 2.85. The molecule has 0 fully saturated rings. The number of thioether (sulfide) groups is 1. The molecule has 1 aromatic heterocycles. The van der Waals surface area contributed by atoms with Crippen molar-refractivity contribution in [1.29, 1.82) is 0 Å². The Labute approximate surface area is 133 Å². The molecule has 0 amide bonds. The summed E-state index contributed by atoms with van der Waals surface area (Å²) in [4.78, 5) is 8.33. The number of hydrogen-bond donors (Lipinski definition) is 0. The minimum absolute atomic E-state index is 0.0913. The minimum atomic E-state index is -4.31. The predicted molar refractivity (Wildman–Crippen MR) is 78.8 cm³/mol. The van der Waals surface area contributed by atoms with Crippen LogP contribution >= 0.6 is 35.0 Å². The Morgan fingerprint density at radius 2 is 1.57 bits per heavy atom. The quantitative estimate of drug-likeness (QED) is 0.529. The second-order valence-electron chi connectivity index (χ2n) is 4.03. The van der Waals surface area contributed by atoms with E-state index in [2.05, 4.69) is 9.97 Å². The first-order valence-corrected chi connectivity index (χ1v) is 7.45. The van der Waals surface area contributed by atoms with E-state index in [-0.39, 0.29) is 32.8 Å². The van der Waals surface area contributed by atoms with Crippen molar-refractivity contribution in [1.82, 2.24) is 9.97 Å². The summed E-state index contributed by atoms with van der Waals surface area (Å²) in [6, 6.07) is 5.71. The number of hydrogen-bond acceptors (Lipinski definition) is 3. The molecule has 1 aromatic carbocycles. The first-order valence-electron chi connectivity index (χ1n) is 5.88. The van der Waals surface area contributed by atoms with Crippen LogP contribution in [-0.2, 0) is 6.42 Å². The molecule has 0 unspecified atom stereocenters. The van der Waals surface area contributed by atoms with E-state index < -0.39 is 5.51 Å². The van der Waals surface area contributed by atoms with Crippen molar-refractivity contribution >= 4 is 35.0 Å². The van der Waals surface area contributed by atoms with Gasteiger partial charge in [-0.15, -0.1) is 0 Å². The van der Waals surface area contributed by atoms with Gasteiger partial charge in [-0.05, 0) is 30.3 Å². The number of nitrogens with zero attached hydrogens (tertiary/aromatic N) is 2. The van der Waals surface area contributed by atoms with Gasteiger partial charge in [-0.2, -0.15) is 13.2 Å². The van der Waals surface area contributed by atoms with Gasteiger partial charge in [0.25, 0.3) is 0 Å². The van der Waals surface area contributed by atoms with Crippen molar-refractivity contribution in [2.24, 2.45) is 0 Å². The summed E-state index contributed by atoms with van der Waals surface area (Å²) in [5.74, 6) is 0.283. The smallest absolute Gasteiger partial charge is 0.216 e. The Kier molecular flexibility index (Phi) is 5.01. The van der Waals surface area contributed by atoms with Gasteiger partial charge in [0.2, 0.25) is 0 Å². The first kappa shape index (κ1) is 16.4. The lowest BCUT2D eigenvalue weighted by Crippen LogP contribution is -1.99. The maximum Gasteiger partial charge on any atom is 0.446 e. The molecule has 0 aliphatic rings. The molecule has 0 spiro atoms. The minimum Gasteiger partial charge on any atom is -0.216 e. The molecule has 0 atom stereocenters. The van der Waals surface area contributed by atoms with Crippen LogP contribution in [-0.4, -0.2) is 15.5 Å². The van der Waals surface area contributed by atoms with Gasteiger partial charge in [0.15, 0.2) is 5.82 Å². The highest BCUT2D eigenvalue weighted by Gasteiger charge is 2.29. The lowest BCUT2D eigenvalue weighted by atomic mass is 10.2. The Balaban J connectivity index is 2.31. The maximum absolute atomic E-state index is 12.3. The molecule has 0 aliphatic carbocycles. The van der Waals surface area contributed by atoms with Gasteiger partial charge in [-0.25, -0.2) is 9.97 Å². The fraction of sp³-hybridized carbons (Fsp3) is 0.231. The number of halogens is 5. The Morgan fingerprint density at radius 3 is 2.00 bits per heavy atom. The third-order valence-corrected chi connectivity index (χ3v) is 3.97. The lowest BCUT2D eigenvalue weighted by molar-refractivity contribution is -0.0328. The van der Waals surface area contributed by atoms with Gasteiger partial charge in [0.05, 0.1) is 0 Å². The maximum atomic E-state index is 12.3. The van der Waals surface area contributed by atoms with E-state index in [0.717, 1.165) is 0 Å². The predicted octanol–water partition coefficient (Wildman–Crippen LogP) is 5.62. The molecule has 2 rings (SSSR count). The number of benzene rings is 1. The largest absolute Gasteiger partial charge is 0.446 e. The van der Waals surface area contributed by atoms with E-state index in [1.54, 1.807) is 0 Å². The highest BCUT2D eigenvalue weighted by molar-refractivity contribution is 8.00. The molecule has 1 heterocycles. The molecule has 112 valence electrons. The molecule has 0 saturated carbocycles. The summed E-state index contributed by atoms with van der Waals surface area (Å²) in [6.07, 6.45) is 0.596. The van der Waals surface area contributed by atoms with Gasteiger partial charge >= 0.3 is 5.51 Å². The van der Waals surface area contributed by atoms with E-state index in [1.807, 2.05) is 6.92 Å². The van der Waals surface area contributed by atoms with Crippen LogP contribution in [0.15, 0.2) is 29.2 Å². The van der Waals surface area contributed by atoms with Gasteiger partial charge in [-0.3, -0.25) is 0 Å². The van der Waals surface area contributed by atoms with Crippen LogP contribution < -0.4 is 0 Å². The highest BCUT2D eigenvalue weighted by Crippen LogP contribution is 2.37. The van der Waals surface area contributed by atoms with Crippen LogP contribution in [0.3, 0.4) is 0 Å². The third-order valence-electron chi connectivity index (χ3n) is 2.61. The number of rotatable bonds is 3. The SMILES string of the molecule is CCc1c(Cl)nc(-c2ccc(SC(F)(F)F)cc2)nc1Cl. The van der Waals surface area contributed by atoms with E-state index >= 15 is 0 Å². The van der Waals surface area contributed by atoms with Crippen LogP contribution in [0.1, 0.15) is 12.5 Å². The third kappa shape index (κ3) is 4.25. The van der Waals surface area contributed by atoms with Crippen LogP contribution in [0.5, 0.6) is 0 Å². The Bertz CT molecular complexity index is 622. The number of alkyl halides is 3. The van der Waals surface area contributed by atoms with Gasteiger partial charge in [-0.1, -0.05) is 42.3 Å². The summed E-state index contributed by atoms with van der Waals surface area (Å²) in [5.41, 5.74) is -3.12. The molecular weight excluding hydrogens is 344 g/mol. The fourth-order valence-electron chi connectivity index (χ4n) is 1.66. The van der Waals surface area contributed by atoms with E-state index in [4.69, 9.17) is 23.2 Å². The normalized spacial score (nSPS) is 11.7. The van der Waals surface area contributed by atoms with Crippen LogP contribution in [0.4, 0.5) is 13.2 Å².